The summed E-state index contributed by atoms with van der Waals surface area (Å²) in [5.41, 5.74) is 0.405. The van der Waals surface area contributed by atoms with E-state index < -0.39 is 22.5 Å². The van der Waals surface area contributed by atoms with E-state index in [4.69, 9.17) is 4.74 Å². The van der Waals surface area contributed by atoms with E-state index in [1.54, 1.807) is 38.1 Å². The number of benzene rings is 2. The molecule has 2 N–H and O–H groups in total. The maximum atomic E-state index is 12.9. The van der Waals surface area contributed by atoms with Crippen LogP contribution in [0, 0.1) is 10.1 Å². The molecule has 0 bridgehead atoms. The number of anilines is 2. The first-order valence-corrected chi connectivity index (χ1v) is 8.74. The second-order valence-corrected chi connectivity index (χ2v) is 7.03. The van der Waals surface area contributed by atoms with Crippen LogP contribution in [0.3, 0.4) is 0 Å². The van der Waals surface area contributed by atoms with E-state index in [0.717, 1.165) is 0 Å². The number of para-hydroxylation sites is 1. The van der Waals surface area contributed by atoms with Crippen LogP contribution in [0.5, 0.6) is 0 Å². The molecule has 0 unspecified atom stereocenters. The monoisotopic (exact) mass is 392 g/mol. The number of cyclic esters (lactones) is 1. The van der Waals surface area contributed by atoms with Crippen molar-refractivity contribution in [3.63, 3.8) is 0 Å². The number of rotatable bonds is 3. The Morgan fingerprint density at radius 1 is 1.24 bits per heavy atom. The highest BCUT2D eigenvalue weighted by Gasteiger charge is 2.36. The van der Waals surface area contributed by atoms with Crippen molar-refractivity contribution in [3.8, 4) is 0 Å². The number of nitro groups is 1. The molecule has 4 rings (SSSR count). The Kier molecular flexibility index (Phi) is 4.15. The van der Waals surface area contributed by atoms with Crippen LogP contribution in [0.15, 0.2) is 48.7 Å². The summed E-state index contributed by atoms with van der Waals surface area (Å²) in [6.45, 7) is 3.33. The molecule has 2 heterocycles. The molecule has 0 fully saturated rings. The number of carbonyl (C=O) groups excluding carboxylic acids is 2. The van der Waals surface area contributed by atoms with Crippen LogP contribution in [0.1, 0.15) is 29.8 Å². The summed E-state index contributed by atoms with van der Waals surface area (Å²) >= 11 is 0. The molecule has 9 nitrogen and oxygen atoms in total. The molecule has 9 heteroatoms. The zero-order valence-corrected chi connectivity index (χ0v) is 15.6. The van der Waals surface area contributed by atoms with Gasteiger partial charge >= 0.3 is 6.09 Å². The lowest BCUT2D eigenvalue weighted by Crippen LogP contribution is -2.35. The molecule has 1 aliphatic heterocycles. The molecule has 0 saturated heterocycles. The van der Waals surface area contributed by atoms with Gasteiger partial charge in [-0.05, 0) is 32.0 Å². The van der Waals surface area contributed by atoms with Crippen LogP contribution in [0.25, 0.3) is 10.9 Å². The van der Waals surface area contributed by atoms with Gasteiger partial charge in [-0.25, -0.2) is 4.79 Å². The van der Waals surface area contributed by atoms with Gasteiger partial charge < -0.3 is 10.1 Å². The van der Waals surface area contributed by atoms with E-state index in [1.807, 2.05) is 6.07 Å². The molecule has 1 aromatic heterocycles. The highest BCUT2D eigenvalue weighted by Crippen LogP contribution is 2.41. The van der Waals surface area contributed by atoms with Crippen molar-refractivity contribution in [1.82, 2.24) is 4.98 Å². The van der Waals surface area contributed by atoms with E-state index in [2.05, 4.69) is 15.6 Å². The van der Waals surface area contributed by atoms with Crippen LogP contribution in [0.2, 0.25) is 0 Å². The molecule has 0 saturated carbocycles. The lowest BCUT2D eigenvalue weighted by atomic mass is 9.93. The average molecular weight is 392 g/mol. The smallest absolute Gasteiger partial charge is 0.412 e. The molecule has 146 valence electrons. The number of hydrogen-bond donors (Lipinski definition) is 2. The Morgan fingerprint density at radius 3 is 2.76 bits per heavy atom. The molecule has 2 amide bonds. The average Bonchev–Trinajstić information content (AvgIpc) is 2.66. The summed E-state index contributed by atoms with van der Waals surface area (Å²) in [4.78, 5) is 39.8. The Bertz CT molecular complexity index is 1180. The summed E-state index contributed by atoms with van der Waals surface area (Å²) < 4.78 is 5.26. The van der Waals surface area contributed by atoms with Gasteiger partial charge in [0.05, 0.1) is 21.7 Å². The number of carbonyl (C=O) groups is 2. The predicted octanol–water partition coefficient (Wildman–Crippen LogP) is 4.19. The second-order valence-electron chi connectivity index (χ2n) is 7.03. The second kappa shape index (κ2) is 6.55. The van der Waals surface area contributed by atoms with Crippen LogP contribution in [-0.2, 0) is 10.3 Å². The summed E-state index contributed by atoms with van der Waals surface area (Å²) in [6, 6.07) is 11.3. The lowest BCUT2D eigenvalue weighted by molar-refractivity contribution is -0.383. The molecular weight excluding hydrogens is 376 g/mol. The van der Waals surface area contributed by atoms with E-state index in [-0.39, 0.29) is 17.1 Å². The number of nitro benzene ring substituents is 1. The van der Waals surface area contributed by atoms with Crippen LogP contribution in [-0.4, -0.2) is 21.9 Å². The van der Waals surface area contributed by atoms with Crippen molar-refractivity contribution in [3.05, 3.63) is 69.9 Å². The molecule has 0 aliphatic carbocycles. The molecule has 0 atom stereocenters. The normalized spacial score (nSPS) is 14.5. The fraction of sp³-hybridized carbons (Fsp3) is 0.150. The highest BCUT2D eigenvalue weighted by atomic mass is 16.6. The van der Waals surface area contributed by atoms with Crippen molar-refractivity contribution in [1.29, 1.82) is 0 Å². The number of ether oxygens (including phenoxy) is 1. The Labute approximate surface area is 164 Å². The van der Waals surface area contributed by atoms with Gasteiger partial charge in [-0.3, -0.25) is 25.2 Å². The Balaban J connectivity index is 1.79. The number of fused-ring (bicyclic) bond motifs is 2. The summed E-state index contributed by atoms with van der Waals surface area (Å²) in [6.07, 6.45) is 0.808. The first-order valence-electron chi connectivity index (χ1n) is 8.74. The minimum atomic E-state index is -1.02. The zero-order chi connectivity index (χ0) is 20.8. The topological polar surface area (TPSA) is 123 Å². The fourth-order valence-corrected chi connectivity index (χ4v) is 3.35. The zero-order valence-electron chi connectivity index (χ0n) is 15.6. The SMILES string of the molecule is CC1(C)OC(=O)Nc2cc([N+](=O)[O-])c(NC(=O)c3ccnc4ccccc34)cc21. The van der Waals surface area contributed by atoms with Gasteiger partial charge in [0.25, 0.3) is 11.6 Å². The number of hydrogen-bond acceptors (Lipinski definition) is 6. The number of nitrogens with one attached hydrogen (secondary N) is 2. The molecule has 0 spiro atoms. The predicted molar refractivity (Wildman–Crippen MR) is 106 cm³/mol. The van der Waals surface area contributed by atoms with Crippen molar-refractivity contribution in [2.24, 2.45) is 0 Å². The van der Waals surface area contributed by atoms with E-state index in [9.17, 15) is 19.7 Å². The van der Waals surface area contributed by atoms with Crippen LogP contribution in [0.4, 0.5) is 21.9 Å². The molecule has 1 aliphatic rings. The highest BCUT2D eigenvalue weighted by molar-refractivity contribution is 6.13. The van der Waals surface area contributed by atoms with Crippen molar-refractivity contribution >= 4 is 40.0 Å². The van der Waals surface area contributed by atoms with E-state index in [1.165, 1.54) is 18.3 Å². The van der Waals surface area contributed by atoms with Gasteiger partial charge in [0, 0.05) is 23.2 Å². The number of nitrogens with zero attached hydrogens (tertiary/aromatic N) is 2. The summed E-state index contributed by atoms with van der Waals surface area (Å²) in [7, 11) is 0. The maximum Gasteiger partial charge on any atom is 0.412 e. The summed E-state index contributed by atoms with van der Waals surface area (Å²) in [5, 5.41) is 17.3. The number of amides is 2. The first-order chi connectivity index (χ1) is 13.8. The quantitative estimate of drug-likeness (QED) is 0.509. The maximum absolute atomic E-state index is 12.9. The molecule has 0 radical (unpaired) electrons. The number of aromatic nitrogens is 1. The fourth-order valence-electron chi connectivity index (χ4n) is 3.35. The third-order valence-corrected chi connectivity index (χ3v) is 4.71. The van der Waals surface area contributed by atoms with Gasteiger partial charge in [-0.2, -0.15) is 0 Å². The van der Waals surface area contributed by atoms with Crippen molar-refractivity contribution < 1.29 is 19.2 Å². The Hall–Kier alpha value is -4.01. The van der Waals surface area contributed by atoms with Gasteiger partial charge in [-0.1, -0.05) is 18.2 Å². The largest absolute Gasteiger partial charge is 0.438 e. The minimum absolute atomic E-state index is 0.00691. The van der Waals surface area contributed by atoms with Crippen molar-refractivity contribution in [2.75, 3.05) is 10.6 Å². The van der Waals surface area contributed by atoms with Gasteiger partial charge in [0.2, 0.25) is 0 Å². The molecular formula is C20H16N4O5. The van der Waals surface area contributed by atoms with Crippen molar-refractivity contribution in [2.45, 2.75) is 19.4 Å². The van der Waals surface area contributed by atoms with Gasteiger partial charge in [0.1, 0.15) is 11.3 Å². The molecule has 2 aromatic carbocycles. The standard InChI is InChI=1S/C20H16N4O5/c1-20(2)13-9-16(17(24(27)28)10-15(13)23-19(26)29-20)22-18(25)12-7-8-21-14-6-4-3-5-11(12)14/h3-10H,1-2H3,(H,22,25)(H,23,26). The third kappa shape index (κ3) is 3.22. The van der Waals surface area contributed by atoms with E-state index >= 15 is 0 Å². The molecule has 3 aromatic rings. The van der Waals surface area contributed by atoms with Crippen LogP contribution >= 0.6 is 0 Å². The van der Waals surface area contributed by atoms with Crippen LogP contribution < -0.4 is 10.6 Å². The Morgan fingerprint density at radius 2 is 2.00 bits per heavy atom. The van der Waals surface area contributed by atoms with Gasteiger partial charge in [-0.15, -0.1) is 0 Å². The lowest BCUT2D eigenvalue weighted by Gasteiger charge is -2.32. The third-order valence-electron chi connectivity index (χ3n) is 4.71. The van der Waals surface area contributed by atoms with E-state index in [0.29, 0.717) is 22.0 Å². The molecule has 29 heavy (non-hydrogen) atoms. The van der Waals surface area contributed by atoms with Gasteiger partial charge in [0.15, 0.2) is 0 Å². The minimum Gasteiger partial charge on any atom is -0.438 e. The number of pyridine rings is 1. The first kappa shape index (κ1) is 18.4. The summed E-state index contributed by atoms with van der Waals surface area (Å²) in [5.74, 6) is -0.509.